The van der Waals surface area contributed by atoms with E-state index in [9.17, 15) is 4.79 Å². The average Bonchev–Trinajstić information content (AvgIpc) is 2.39. The van der Waals surface area contributed by atoms with Crippen LogP contribution in [0.4, 0.5) is 0 Å². The second-order valence-corrected chi connectivity index (χ2v) is 4.71. The molecule has 0 radical (unpaired) electrons. The van der Waals surface area contributed by atoms with Gasteiger partial charge in [-0.3, -0.25) is 4.79 Å². The molecule has 0 bridgehead atoms. The molecule has 0 unspecified atom stereocenters. The highest BCUT2D eigenvalue weighted by atomic mass is 16.5. The van der Waals surface area contributed by atoms with Gasteiger partial charge in [-0.15, -0.1) is 0 Å². The normalized spacial score (nSPS) is 23.1. The smallest absolute Gasteiger partial charge is 0.145 e. The summed E-state index contributed by atoms with van der Waals surface area (Å²) in [6.07, 6.45) is 0.621. The minimum absolute atomic E-state index is 0.0632. The molecule has 2 aromatic carbocycles. The Balaban J connectivity index is 2.06. The number of carbonyl (C=O) groups is 1. The van der Waals surface area contributed by atoms with Gasteiger partial charge in [0.05, 0.1) is 12.0 Å². The van der Waals surface area contributed by atoms with Crippen LogP contribution in [-0.2, 0) is 9.53 Å². The van der Waals surface area contributed by atoms with E-state index in [0.717, 1.165) is 5.56 Å². The van der Waals surface area contributed by atoms with Crippen molar-refractivity contribution in [3.05, 3.63) is 48.0 Å². The molecule has 2 nitrogen and oxygen atoms in total. The van der Waals surface area contributed by atoms with Gasteiger partial charge < -0.3 is 4.74 Å². The van der Waals surface area contributed by atoms with Gasteiger partial charge in [0, 0.05) is 13.0 Å². The Morgan fingerprint density at radius 3 is 2.72 bits per heavy atom. The van der Waals surface area contributed by atoms with Gasteiger partial charge in [-0.1, -0.05) is 42.5 Å². The van der Waals surface area contributed by atoms with Crippen molar-refractivity contribution in [2.75, 3.05) is 6.61 Å². The minimum Gasteiger partial charge on any atom is -0.377 e. The van der Waals surface area contributed by atoms with E-state index in [1.165, 1.54) is 10.8 Å². The van der Waals surface area contributed by atoms with Crippen molar-refractivity contribution in [2.45, 2.75) is 25.4 Å². The topological polar surface area (TPSA) is 26.3 Å². The monoisotopic (exact) mass is 240 g/mol. The molecule has 2 aromatic rings. The standard InChI is InChI=1S/C16H16O2/c1-2-18-15-10-14(17)16(15)13-9-5-7-11-6-3-4-8-12(11)13/h3-9,15-16H,2,10H2,1H3/t15-,16-/m0/s1. The summed E-state index contributed by atoms with van der Waals surface area (Å²) in [5.41, 5.74) is 1.11. The summed E-state index contributed by atoms with van der Waals surface area (Å²) in [5.74, 6) is 0.223. The first kappa shape index (κ1) is 11.4. The summed E-state index contributed by atoms with van der Waals surface area (Å²) in [6.45, 7) is 2.64. The van der Waals surface area contributed by atoms with Gasteiger partial charge in [0.15, 0.2) is 0 Å². The van der Waals surface area contributed by atoms with Crippen molar-refractivity contribution in [3.63, 3.8) is 0 Å². The quantitative estimate of drug-likeness (QED) is 0.822. The van der Waals surface area contributed by atoms with Gasteiger partial charge >= 0.3 is 0 Å². The van der Waals surface area contributed by atoms with Gasteiger partial charge in [-0.25, -0.2) is 0 Å². The third-order valence-electron chi connectivity index (χ3n) is 3.66. The average molecular weight is 240 g/mol. The van der Waals surface area contributed by atoms with Crippen LogP contribution in [0.2, 0.25) is 0 Å². The van der Waals surface area contributed by atoms with E-state index in [1.54, 1.807) is 0 Å². The Hall–Kier alpha value is -1.67. The van der Waals surface area contributed by atoms with E-state index >= 15 is 0 Å². The number of fused-ring (bicyclic) bond motifs is 1. The molecule has 0 N–H and O–H groups in total. The molecule has 1 aliphatic rings. The molecular weight excluding hydrogens is 224 g/mol. The maximum Gasteiger partial charge on any atom is 0.145 e. The third-order valence-corrected chi connectivity index (χ3v) is 3.66. The SMILES string of the molecule is CCO[C@H]1CC(=O)[C@@H]1c1cccc2ccccc12. The van der Waals surface area contributed by atoms with Crippen LogP contribution in [0.3, 0.4) is 0 Å². The number of rotatable bonds is 3. The summed E-state index contributed by atoms with van der Waals surface area (Å²) in [6, 6.07) is 14.4. The molecule has 1 saturated carbocycles. The van der Waals surface area contributed by atoms with E-state index in [2.05, 4.69) is 24.3 Å². The lowest BCUT2D eigenvalue weighted by Crippen LogP contribution is -2.41. The molecule has 1 aliphatic carbocycles. The van der Waals surface area contributed by atoms with E-state index < -0.39 is 0 Å². The maximum absolute atomic E-state index is 11.9. The molecule has 18 heavy (non-hydrogen) atoms. The maximum atomic E-state index is 11.9. The zero-order valence-corrected chi connectivity index (χ0v) is 10.4. The van der Waals surface area contributed by atoms with Crippen LogP contribution in [-0.4, -0.2) is 18.5 Å². The zero-order valence-electron chi connectivity index (χ0n) is 10.4. The van der Waals surface area contributed by atoms with E-state index in [4.69, 9.17) is 4.74 Å². The van der Waals surface area contributed by atoms with Gasteiger partial charge in [0.2, 0.25) is 0 Å². The van der Waals surface area contributed by atoms with E-state index in [1.807, 2.05) is 25.1 Å². The highest BCUT2D eigenvalue weighted by Crippen LogP contribution is 2.39. The molecule has 3 rings (SSSR count). The molecule has 2 heteroatoms. The van der Waals surface area contributed by atoms with Gasteiger partial charge in [0.25, 0.3) is 0 Å². The molecule has 0 spiro atoms. The number of benzene rings is 2. The molecule has 0 amide bonds. The van der Waals surface area contributed by atoms with Crippen molar-refractivity contribution in [3.8, 4) is 0 Å². The van der Waals surface area contributed by atoms with Crippen LogP contribution >= 0.6 is 0 Å². The molecular formula is C16H16O2. The first-order valence-corrected chi connectivity index (χ1v) is 6.43. The molecule has 0 heterocycles. The number of hydrogen-bond donors (Lipinski definition) is 0. The second-order valence-electron chi connectivity index (χ2n) is 4.71. The highest BCUT2D eigenvalue weighted by Gasteiger charge is 2.41. The van der Waals surface area contributed by atoms with Gasteiger partial charge in [0.1, 0.15) is 5.78 Å². The lowest BCUT2D eigenvalue weighted by atomic mass is 9.74. The van der Waals surface area contributed by atoms with Crippen LogP contribution in [0.5, 0.6) is 0 Å². The van der Waals surface area contributed by atoms with Gasteiger partial charge in [-0.2, -0.15) is 0 Å². The summed E-state index contributed by atoms with van der Waals surface area (Å²) in [5, 5.41) is 2.35. The van der Waals surface area contributed by atoms with E-state index in [0.29, 0.717) is 18.8 Å². The lowest BCUT2D eigenvalue weighted by molar-refractivity contribution is -0.137. The van der Waals surface area contributed by atoms with Gasteiger partial charge in [-0.05, 0) is 23.3 Å². The van der Waals surface area contributed by atoms with Crippen molar-refractivity contribution in [2.24, 2.45) is 0 Å². The molecule has 2 atom stereocenters. The predicted octanol–water partition coefficient (Wildman–Crippen LogP) is 3.30. The molecule has 0 aromatic heterocycles. The molecule has 92 valence electrons. The second kappa shape index (κ2) is 4.54. The fraction of sp³-hybridized carbons (Fsp3) is 0.312. The fourth-order valence-corrected chi connectivity index (χ4v) is 2.75. The number of ketones is 1. The number of carbonyl (C=O) groups excluding carboxylic acids is 1. The van der Waals surface area contributed by atoms with Crippen LogP contribution in [0.15, 0.2) is 42.5 Å². The van der Waals surface area contributed by atoms with Crippen LogP contribution in [0.1, 0.15) is 24.8 Å². The zero-order chi connectivity index (χ0) is 12.5. The Morgan fingerprint density at radius 2 is 1.94 bits per heavy atom. The first-order chi connectivity index (χ1) is 8.81. The van der Waals surface area contributed by atoms with Crippen molar-refractivity contribution < 1.29 is 9.53 Å². The fourth-order valence-electron chi connectivity index (χ4n) is 2.75. The summed E-state index contributed by atoms with van der Waals surface area (Å²) < 4.78 is 5.64. The summed E-state index contributed by atoms with van der Waals surface area (Å²) in [4.78, 5) is 11.9. The minimum atomic E-state index is -0.0731. The van der Waals surface area contributed by atoms with E-state index in [-0.39, 0.29) is 12.0 Å². The van der Waals surface area contributed by atoms with Crippen LogP contribution in [0.25, 0.3) is 10.8 Å². The van der Waals surface area contributed by atoms with Crippen LogP contribution < -0.4 is 0 Å². The Kier molecular flexibility index (Phi) is 2.88. The number of Topliss-reactive ketones (excluding diaryl/α,β-unsaturated/α-hetero) is 1. The number of hydrogen-bond acceptors (Lipinski definition) is 2. The van der Waals surface area contributed by atoms with Crippen LogP contribution in [0, 0.1) is 0 Å². The van der Waals surface area contributed by atoms with Crippen molar-refractivity contribution in [1.29, 1.82) is 0 Å². The predicted molar refractivity (Wildman–Crippen MR) is 71.7 cm³/mol. The van der Waals surface area contributed by atoms with Crippen molar-refractivity contribution in [1.82, 2.24) is 0 Å². The molecule has 0 aliphatic heterocycles. The first-order valence-electron chi connectivity index (χ1n) is 6.43. The Labute approximate surface area is 107 Å². The molecule has 1 fully saturated rings. The Morgan fingerprint density at radius 1 is 1.17 bits per heavy atom. The number of ether oxygens (including phenoxy) is 1. The Bertz CT molecular complexity index is 583. The lowest BCUT2D eigenvalue weighted by Gasteiger charge is -2.35. The highest BCUT2D eigenvalue weighted by molar-refractivity contribution is 5.98. The molecule has 0 saturated heterocycles. The third kappa shape index (κ3) is 1.73. The summed E-state index contributed by atoms with van der Waals surface area (Å²) >= 11 is 0. The largest absolute Gasteiger partial charge is 0.377 e. The van der Waals surface area contributed by atoms with Crippen molar-refractivity contribution >= 4 is 16.6 Å². The summed E-state index contributed by atoms with van der Waals surface area (Å²) in [7, 11) is 0.